The number of carbonyl (C=O) groups excluding carboxylic acids is 1. The molecular weight excluding hydrogens is 368 g/mol. The molecule has 0 aliphatic carbocycles. The highest BCUT2D eigenvalue weighted by Gasteiger charge is 2.23. The Morgan fingerprint density at radius 1 is 1.38 bits per heavy atom. The molecule has 1 aromatic carbocycles. The van der Waals surface area contributed by atoms with Crippen LogP contribution in [0.3, 0.4) is 0 Å². The molecule has 1 saturated heterocycles. The molecule has 1 aliphatic rings. The molecular formula is C18H23BrN4O. The van der Waals surface area contributed by atoms with Crippen LogP contribution in [0.4, 0.5) is 0 Å². The molecule has 2 aromatic rings. The van der Waals surface area contributed by atoms with Crippen molar-refractivity contribution in [2.24, 2.45) is 7.05 Å². The first kappa shape index (κ1) is 17.2. The largest absolute Gasteiger partial charge is 0.347 e. The maximum absolute atomic E-state index is 12.4. The highest BCUT2D eigenvalue weighted by atomic mass is 79.9. The van der Waals surface area contributed by atoms with Crippen LogP contribution < -0.4 is 5.32 Å². The average Bonchev–Trinajstić information content (AvgIpc) is 2.90. The van der Waals surface area contributed by atoms with Crippen molar-refractivity contribution in [3.8, 4) is 0 Å². The molecule has 0 bridgehead atoms. The summed E-state index contributed by atoms with van der Waals surface area (Å²) in [7, 11) is 1.85. The van der Waals surface area contributed by atoms with Gasteiger partial charge in [0.25, 0.3) is 5.91 Å². The zero-order valence-corrected chi connectivity index (χ0v) is 15.7. The number of rotatable bonds is 4. The third kappa shape index (κ3) is 4.24. The lowest BCUT2D eigenvalue weighted by atomic mass is 10.0. The minimum Gasteiger partial charge on any atom is -0.347 e. The van der Waals surface area contributed by atoms with Crippen molar-refractivity contribution < 1.29 is 4.79 Å². The normalized spacial score (nSPS) is 18.5. The lowest BCUT2D eigenvalue weighted by molar-refractivity contribution is 0.0895. The van der Waals surface area contributed by atoms with Crippen LogP contribution in [0.25, 0.3) is 0 Å². The molecule has 6 heteroatoms. The van der Waals surface area contributed by atoms with Gasteiger partial charge in [-0.25, -0.2) is 0 Å². The van der Waals surface area contributed by atoms with E-state index in [1.165, 1.54) is 5.56 Å². The second kappa shape index (κ2) is 7.49. The Morgan fingerprint density at radius 2 is 2.12 bits per heavy atom. The van der Waals surface area contributed by atoms with Crippen LogP contribution in [0.2, 0.25) is 0 Å². The van der Waals surface area contributed by atoms with E-state index < -0.39 is 0 Å². The number of nitrogens with one attached hydrogen (secondary N) is 1. The molecule has 1 amide bonds. The van der Waals surface area contributed by atoms with Crippen LogP contribution in [0.15, 0.2) is 34.8 Å². The summed E-state index contributed by atoms with van der Waals surface area (Å²) in [5.74, 6) is -0.0748. The Hall–Kier alpha value is -1.66. The third-order valence-corrected chi connectivity index (χ3v) is 5.04. The van der Waals surface area contributed by atoms with Gasteiger partial charge < -0.3 is 5.32 Å². The number of likely N-dealkylation sites (tertiary alicyclic amines) is 1. The molecule has 24 heavy (non-hydrogen) atoms. The molecule has 0 radical (unpaired) electrons. The molecule has 5 nitrogen and oxygen atoms in total. The van der Waals surface area contributed by atoms with Crippen molar-refractivity contribution in [1.82, 2.24) is 20.0 Å². The van der Waals surface area contributed by atoms with Crippen LogP contribution in [0, 0.1) is 6.92 Å². The van der Waals surface area contributed by atoms with Gasteiger partial charge in [0.2, 0.25) is 0 Å². The van der Waals surface area contributed by atoms with Gasteiger partial charge in [-0.2, -0.15) is 5.10 Å². The van der Waals surface area contributed by atoms with Crippen LogP contribution in [-0.2, 0) is 13.6 Å². The SMILES string of the molecule is Cc1cc(C(=O)NC2CCCN(Cc3ccc(Br)cc3)C2)nn1C. The van der Waals surface area contributed by atoms with E-state index in [-0.39, 0.29) is 11.9 Å². The minimum absolute atomic E-state index is 0.0748. The highest BCUT2D eigenvalue weighted by molar-refractivity contribution is 9.10. The van der Waals surface area contributed by atoms with Crippen molar-refractivity contribution in [2.45, 2.75) is 32.4 Å². The topological polar surface area (TPSA) is 50.2 Å². The van der Waals surface area contributed by atoms with E-state index in [0.29, 0.717) is 5.69 Å². The Morgan fingerprint density at radius 3 is 2.79 bits per heavy atom. The van der Waals surface area contributed by atoms with Crippen molar-refractivity contribution >= 4 is 21.8 Å². The van der Waals surface area contributed by atoms with Crippen LogP contribution in [-0.4, -0.2) is 39.7 Å². The summed E-state index contributed by atoms with van der Waals surface area (Å²) in [5, 5.41) is 7.39. The number of halogens is 1. The number of carbonyl (C=O) groups is 1. The molecule has 0 saturated carbocycles. The fraction of sp³-hybridized carbons (Fsp3) is 0.444. The number of aromatic nitrogens is 2. The molecule has 0 spiro atoms. The number of hydrogen-bond acceptors (Lipinski definition) is 3. The first-order valence-corrected chi connectivity index (χ1v) is 9.09. The van der Waals surface area contributed by atoms with Crippen molar-refractivity contribution in [3.05, 3.63) is 51.8 Å². The van der Waals surface area contributed by atoms with Gasteiger partial charge in [-0.05, 0) is 50.1 Å². The molecule has 2 heterocycles. The van der Waals surface area contributed by atoms with Gasteiger partial charge in [0.15, 0.2) is 0 Å². The van der Waals surface area contributed by atoms with Gasteiger partial charge in [-0.3, -0.25) is 14.4 Å². The van der Waals surface area contributed by atoms with Gasteiger partial charge in [-0.1, -0.05) is 28.1 Å². The summed E-state index contributed by atoms with van der Waals surface area (Å²) in [4.78, 5) is 14.8. The average molecular weight is 391 g/mol. The Labute approximate surface area is 151 Å². The van der Waals surface area contributed by atoms with E-state index >= 15 is 0 Å². The summed E-state index contributed by atoms with van der Waals surface area (Å²) in [6.45, 7) is 4.82. The predicted molar refractivity (Wildman–Crippen MR) is 97.9 cm³/mol. The van der Waals surface area contributed by atoms with Crippen molar-refractivity contribution in [1.29, 1.82) is 0 Å². The summed E-state index contributed by atoms with van der Waals surface area (Å²) in [6, 6.07) is 10.4. The molecule has 3 rings (SSSR count). The first-order valence-electron chi connectivity index (χ1n) is 8.29. The lowest BCUT2D eigenvalue weighted by Gasteiger charge is -2.33. The van der Waals surface area contributed by atoms with Gasteiger partial charge in [0, 0.05) is 36.3 Å². The Kier molecular flexibility index (Phi) is 5.36. The van der Waals surface area contributed by atoms with Crippen LogP contribution in [0.5, 0.6) is 0 Å². The Bertz CT molecular complexity index is 691. The summed E-state index contributed by atoms with van der Waals surface area (Å²) in [6.07, 6.45) is 2.12. The quantitative estimate of drug-likeness (QED) is 0.872. The number of hydrogen-bond donors (Lipinski definition) is 1. The van der Waals surface area contributed by atoms with E-state index in [1.54, 1.807) is 4.68 Å². The summed E-state index contributed by atoms with van der Waals surface area (Å²) >= 11 is 3.47. The zero-order chi connectivity index (χ0) is 17.1. The standard InChI is InChI=1S/C18H23BrN4O/c1-13-10-17(21-22(13)2)18(24)20-16-4-3-9-23(12-16)11-14-5-7-15(19)8-6-14/h5-8,10,16H,3-4,9,11-12H2,1-2H3,(H,20,24). The van der Waals surface area contributed by atoms with Crippen LogP contribution >= 0.6 is 15.9 Å². The van der Waals surface area contributed by atoms with Crippen molar-refractivity contribution in [3.63, 3.8) is 0 Å². The molecule has 128 valence electrons. The second-order valence-electron chi connectivity index (χ2n) is 6.47. The van der Waals surface area contributed by atoms with Gasteiger partial charge >= 0.3 is 0 Å². The molecule has 1 aromatic heterocycles. The number of piperidine rings is 1. The maximum Gasteiger partial charge on any atom is 0.272 e. The predicted octanol–water partition coefficient (Wildman–Crippen LogP) is 2.89. The minimum atomic E-state index is -0.0748. The lowest BCUT2D eigenvalue weighted by Crippen LogP contribution is -2.47. The van der Waals surface area contributed by atoms with E-state index in [0.717, 1.165) is 42.6 Å². The molecule has 1 atom stereocenters. The number of nitrogens with zero attached hydrogens (tertiary/aromatic N) is 3. The van der Waals surface area contributed by atoms with E-state index in [9.17, 15) is 4.79 Å². The van der Waals surface area contributed by atoms with Gasteiger partial charge in [0.05, 0.1) is 0 Å². The Balaban J connectivity index is 1.57. The molecule has 1 fully saturated rings. The van der Waals surface area contributed by atoms with Crippen LogP contribution in [0.1, 0.15) is 34.6 Å². The molecule has 1 aliphatic heterocycles. The van der Waals surface area contributed by atoms with Crippen molar-refractivity contribution in [2.75, 3.05) is 13.1 Å². The van der Waals surface area contributed by atoms with Gasteiger partial charge in [-0.15, -0.1) is 0 Å². The van der Waals surface area contributed by atoms with E-state index in [2.05, 4.69) is 55.5 Å². The van der Waals surface area contributed by atoms with E-state index in [4.69, 9.17) is 0 Å². The van der Waals surface area contributed by atoms with Gasteiger partial charge in [0.1, 0.15) is 5.69 Å². The third-order valence-electron chi connectivity index (χ3n) is 4.51. The highest BCUT2D eigenvalue weighted by Crippen LogP contribution is 2.16. The van der Waals surface area contributed by atoms with E-state index in [1.807, 2.05) is 20.0 Å². The molecule has 1 N–H and O–H groups in total. The number of aryl methyl sites for hydroxylation is 2. The number of benzene rings is 1. The zero-order valence-electron chi connectivity index (χ0n) is 14.1. The second-order valence-corrected chi connectivity index (χ2v) is 7.38. The summed E-state index contributed by atoms with van der Waals surface area (Å²) < 4.78 is 2.83. The monoisotopic (exact) mass is 390 g/mol. The fourth-order valence-electron chi connectivity index (χ4n) is 3.10. The summed E-state index contributed by atoms with van der Waals surface area (Å²) in [5.41, 5.74) is 2.78. The maximum atomic E-state index is 12.4. The first-order chi connectivity index (χ1) is 11.5. The smallest absolute Gasteiger partial charge is 0.272 e. The number of amides is 1. The molecule has 1 unspecified atom stereocenters. The fourth-order valence-corrected chi connectivity index (χ4v) is 3.36.